The van der Waals surface area contributed by atoms with E-state index in [0.29, 0.717) is 19.3 Å². The molecule has 74 valence electrons. The summed E-state index contributed by atoms with van der Waals surface area (Å²) in [6.45, 7) is 0.00103. The first kappa shape index (κ1) is 11.8. The molecule has 0 heterocycles. The Labute approximate surface area is 72.5 Å². The highest BCUT2D eigenvalue weighted by atomic mass is 16.3. The van der Waals surface area contributed by atoms with Gasteiger partial charge in [-0.3, -0.25) is 0 Å². The number of unbranched alkanes of at least 4 members (excludes halogenated alkanes) is 1. The van der Waals surface area contributed by atoms with Crippen molar-refractivity contribution in [3.05, 3.63) is 0 Å². The van der Waals surface area contributed by atoms with Crippen LogP contribution < -0.4 is 0 Å². The van der Waals surface area contributed by atoms with Crippen molar-refractivity contribution in [2.75, 3.05) is 13.2 Å². The quantitative estimate of drug-likeness (QED) is 0.387. The maximum absolute atomic E-state index is 9.23. The van der Waals surface area contributed by atoms with E-state index in [2.05, 4.69) is 0 Å². The second-order valence-electron chi connectivity index (χ2n) is 2.87. The molecule has 0 aliphatic rings. The van der Waals surface area contributed by atoms with Crippen molar-refractivity contribution in [3.8, 4) is 0 Å². The Balaban J connectivity index is 3.35. The minimum absolute atomic E-state index is 0.113. The number of hydrogen-bond acceptors (Lipinski definition) is 4. The van der Waals surface area contributed by atoms with E-state index in [4.69, 9.17) is 15.3 Å². The van der Waals surface area contributed by atoms with E-state index in [1.165, 1.54) is 0 Å². The Kier molecular flexibility index (Phi) is 7.39. The summed E-state index contributed by atoms with van der Waals surface area (Å²) in [5, 5.41) is 35.3. The van der Waals surface area contributed by atoms with Gasteiger partial charge in [0, 0.05) is 13.2 Å². The van der Waals surface area contributed by atoms with E-state index in [1.54, 1.807) is 0 Å². The molecule has 0 aromatic carbocycles. The predicted molar refractivity (Wildman–Crippen MR) is 44.7 cm³/mol. The van der Waals surface area contributed by atoms with Crippen LogP contribution in [0, 0.1) is 0 Å². The highest BCUT2D eigenvalue weighted by molar-refractivity contribution is 4.66. The van der Waals surface area contributed by atoms with Crippen molar-refractivity contribution in [1.82, 2.24) is 0 Å². The maximum atomic E-state index is 9.23. The molecule has 0 saturated heterocycles. The zero-order chi connectivity index (χ0) is 9.40. The fourth-order valence-corrected chi connectivity index (χ4v) is 0.982. The molecule has 0 rings (SSSR count). The number of aliphatic hydroxyl groups excluding tert-OH is 4. The van der Waals surface area contributed by atoms with Crippen molar-refractivity contribution in [1.29, 1.82) is 0 Å². The molecule has 0 aliphatic carbocycles. The van der Waals surface area contributed by atoms with Crippen LogP contribution in [0.25, 0.3) is 0 Å². The molecular weight excluding hydrogens is 160 g/mol. The first-order valence-electron chi connectivity index (χ1n) is 4.30. The van der Waals surface area contributed by atoms with E-state index in [0.717, 1.165) is 0 Å². The molecule has 0 radical (unpaired) electrons. The normalized spacial score (nSPS) is 16.0. The largest absolute Gasteiger partial charge is 0.396 e. The van der Waals surface area contributed by atoms with Gasteiger partial charge in [0.25, 0.3) is 0 Å². The highest BCUT2D eigenvalue weighted by Crippen LogP contribution is 2.06. The number of aliphatic hydroxyl groups is 4. The van der Waals surface area contributed by atoms with Gasteiger partial charge in [-0.25, -0.2) is 0 Å². The molecule has 0 aromatic heterocycles. The SMILES string of the molecule is OCCCCC(O)C(O)CCO. The Morgan fingerprint density at radius 2 is 1.33 bits per heavy atom. The third kappa shape index (κ3) is 5.49. The molecule has 4 nitrogen and oxygen atoms in total. The van der Waals surface area contributed by atoms with Gasteiger partial charge in [-0.2, -0.15) is 0 Å². The average molecular weight is 178 g/mol. The lowest BCUT2D eigenvalue weighted by Gasteiger charge is -2.16. The van der Waals surface area contributed by atoms with E-state index in [9.17, 15) is 5.11 Å². The van der Waals surface area contributed by atoms with Crippen molar-refractivity contribution >= 4 is 0 Å². The zero-order valence-corrected chi connectivity index (χ0v) is 7.19. The summed E-state index contributed by atoms with van der Waals surface area (Å²) < 4.78 is 0. The summed E-state index contributed by atoms with van der Waals surface area (Å²) in [5.74, 6) is 0. The van der Waals surface area contributed by atoms with Gasteiger partial charge >= 0.3 is 0 Å². The van der Waals surface area contributed by atoms with Gasteiger partial charge in [-0.15, -0.1) is 0 Å². The molecule has 0 amide bonds. The lowest BCUT2D eigenvalue weighted by molar-refractivity contribution is -0.000537. The molecule has 0 saturated carbocycles. The molecule has 0 fully saturated rings. The van der Waals surface area contributed by atoms with Crippen molar-refractivity contribution < 1.29 is 20.4 Å². The summed E-state index contributed by atoms with van der Waals surface area (Å²) in [6.07, 6.45) is 0.405. The van der Waals surface area contributed by atoms with Gasteiger partial charge in [0.15, 0.2) is 0 Å². The monoisotopic (exact) mass is 178 g/mol. The minimum atomic E-state index is -0.839. The Bertz CT molecular complexity index is 97.1. The van der Waals surface area contributed by atoms with Crippen LogP contribution in [0.3, 0.4) is 0 Å². The van der Waals surface area contributed by atoms with Gasteiger partial charge < -0.3 is 20.4 Å². The molecule has 4 heteroatoms. The van der Waals surface area contributed by atoms with Crippen LogP contribution in [0.4, 0.5) is 0 Å². The van der Waals surface area contributed by atoms with Crippen LogP contribution in [0.2, 0.25) is 0 Å². The smallest absolute Gasteiger partial charge is 0.0820 e. The molecule has 0 aromatic rings. The summed E-state index contributed by atoms with van der Waals surface area (Å²) in [4.78, 5) is 0. The molecule has 4 N–H and O–H groups in total. The third-order valence-corrected chi connectivity index (χ3v) is 1.78. The highest BCUT2D eigenvalue weighted by Gasteiger charge is 2.14. The van der Waals surface area contributed by atoms with Crippen LogP contribution in [-0.4, -0.2) is 45.8 Å². The Morgan fingerprint density at radius 1 is 0.750 bits per heavy atom. The van der Waals surface area contributed by atoms with Crippen LogP contribution in [0.15, 0.2) is 0 Å². The van der Waals surface area contributed by atoms with Crippen molar-refractivity contribution in [2.45, 2.75) is 37.9 Å². The average Bonchev–Trinajstić information content (AvgIpc) is 2.05. The minimum Gasteiger partial charge on any atom is -0.396 e. The van der Waals surface area contributed by atoms with Crippen LogP contribution in [0.1, 0.15) is 25.7 Å². The van der Waals surface area contributed by atoms with Crippen LogP contribution in [-0.2, 0) is 0 Å². The van der Waals surface area contributed by atoms with E-state index >= 15 is 0 Å². The fourth-order valence-electron chi connectivity index (χ4n) is 0.982. The number of rotatable bonds is 7. The first-order valence-corrected chi connectivity index (χ1v) is 4.30. The molecule has 2 unspecified atom stereocenters. The number of hydrogen-bond donors (Lipinski definition) is 4. The molecule has 0 aliphatic heterocycles. The molecular formula is C8H18O4. The zero-order valence-electron chi connectivity index (χ0n) is 7.19. The fraction of sp³-hybridized carbons (Fsp3) is 1.00. The van der Waals surface area contributed by atoms with Crippen LogP contribution in [0.5, 0.6) is 0 Å². The third-order valence-electron chi connectivity index (χ3n) is 1.78. The maximum Gasteiger partial charge on any atom is 0.0820 e. The van der Waals surface area contributed by atoms with E-state index in [1.807, 2.05) is 0 Å². The van der Waals surface area contributed by atoms with Gasteiger partial charge in [-0.1, -0.05) is 0 Å². The Hall–Kier alpha value is -0.160. The lowest BCUT2D eigenvalue weighted by Crippen LogP contribution is -2.26. The molecule has 0 spiro atoms. The van der Waals surface area contributed by atoms with Crippen molar-refractivity contribution in [2.24, 2.45) is 0 Å². The van der Waals surface area contributed by atoms with Gasteiger partial charge in [0.2, 0.25) is 0 Å². The summed E-state index contributed by atoms with van der Waals surface area (Å²) in [5.41, 5.74) is 0. The topological polar surface area (TPSA) is 80.9 Å². The molecule has 12 heavy (non-hydrogen) atoms. The predicted octanol–water partition coefficient (Wildman–Crippen LogP) is -0.747. The van der Waals surface area contributed by atoms with Gasteiger partial charge in [0.05, 0.1) is 12.2 Å². The first-order chi connectivity index (χ1) is 5.72. The second kappa shape index (κ2) is 7.49. The summed E-state index contributed by atoms with van der Waals surface area (Å²) >= 11 is 0. The second-order valence-corrected chi connectivity index (χ2v) is 2.87. The Morgan fingerprint density at radius 3 is 1.83 bits per heavy atom. The summed E-state index contributed by atoms with van der Waals surface area (Å²) in [6, 6.07) is 0. The van der Waals surface area contributed by atoms with Crippen molar-refractivity contribution in [3.63, 3.8) is 0 Å². The van der Waals surface area contributed by atoms with Gasteiger partial charge in [-0.05, 0) is 25.7 Å². The standard InChI is InChI=1S/C8H18O4/c9-5-2-1-3-7(11)8(12)4-6-10/h7-12H,1-6H2. The van der Waals surface area contributed by atoms with Gasteiger partial charge in [0.1, 0.15) is 0 Å². The van der Waals surface area contributed by atoms with E-state index < -0.39 is 12.2 Å². The summed E-state index contributed by atoms with van der Waals surface area (Å²) in [7, 11) is 0. The lowest BCUT2D eigenvalue weighted by atomic mass is 10.1. The van der Waals surface area contributed by atoms with E-state index in [-0.39, 0.29) is 19.6 Å². The molecule has 2 atom stereocenters. The van der Waals surface area contributed by atoms with Crippen LogP contribution >= 0.6 is 0 Å². The molecule has 0 bridgehead atoms.